The third-order valence-electron chi connectivity index (χ3n) is 6.65. The van der Waals surface area contributed by atoms with Gasteiger partial charge >= 0.3 is 6.09 Å². The first-order valence-electron chi connectivity index (χ1n) is 10.6. The zero-order chi connectivity index (χ0) is 20.8. The summed E-state index contributed by atoms with van der Waals surface area (Å²) >= 11 is 3.28. The molecule has 1 aromatic heterocycles. The summed E-state index contributed by atoms with van der Waals surface area (Å²) in [5.41, 5.74) is 0.872. The van der Waals surface area contributed by atoms with E-state index in [-0.39, 0.29) is 11.9 Å². The fraction of sp³-hybridized carbons (Fsp3) is 0.609. The molecule has 2 fully saturated rings. The Kier molecular flexibility index (Phi) is 5.43. The highest BCUT2D eigenvalue weighted by Gasteiger charge is 2.40. The third kappa shape index (κ3) is 4.32. The normalized spacial score (nSPS) is 20.4. The van der Waals surface area contributed by atoms with Gasteiger partial charge in [-0.1, -0.05) is 0 Å². The predicted molar refractivity (Wildman–Crippen MR) is 117 cm³/mol. The molecule has 1 saturated heterocycles. The topological polar surface area (TPSA) is 34.5 Å². The first-order chi connectivity index (χ1) is 13.7. The van der Waals surface area contributed by atoms with Gasteiger partial charge in [0.2, 0.25) is 0 Å². The Hall–Kier alpha value is -1.56. The van der Waals surface area contributed by atoms with Gasteiger partial charge in [-0.25, -0.2) is 9.18 Å². The fourth-order valence-corrected chi connectivity index (χ4v) is 5.31. The molecule has 1 aliphatic carbocycles. The minimum atomic E-state index is -0.446. The van der Waals surface area contributed by atoms with Crippen molar-refractivity contribution in [2.45, 2.75) is 70.9 Å². The van der Waals surface area contributed by atoms with Crippen molar-refractivity contribution in [1.82, 2.24) is 9.47 Å². The highest BCUT2D eigenvalue weighted by atomic mass is 79.9. The van der Waals surface area contributed by atoms with Crippen LogP contribution in [0.4, 0.5) is 9.18 Å². The Morgan fingerprint density at radius 1 is 1.17 bits per heavy atom. The van der Waals surface area contributed by atoms with E-state index in [9.17, 15) is 9.18 Å². The largest absolute Gasteiger partial charge is 0.444 e. The van der Waals surface area contributed by atoms with Crippen LogP contribution in [0.5, 0.6) is 0 Å². The van der Waals surface area contributed by atoms with Crippen molar-refractivity contribution in [2.75, 3.05) is 13.1 Å². The van der Waals surface area contributed by atoms with Crippen LogP contribution in [-0.2, 0) is 4.74 Å². The lowest BCUT2D eigenvalue weighted by Gasteiger charge is -2.46. The molecule has 1 aromatic carbocycles. The van der Waals surface area contributed by atoms with Gasteiger partial charge in [-0.2, -0.15) is 0 Å². The zero-order valence-corrected chi connectivity index (χ0v) is 19.1. The molecule has 0 atom stereocenters. The number of piperidine rings is 1. The maximum Gasteiger partial charge on any atom is 0.410 e. The molecular weight excluding hydrogens is 435 g/mol. The van der Waals surface area contributed by atoms with Gasteiger partial charge in [0, 0.05) is 30.7 Å². The minimum absolute atomic E-state index is 0.187. The van der Waals surface area contributed by atoms with Crippen LogP contribution in [-0.4, -0.2) is 34.3 Å². The molecule has 158 valence electrons. The lowest BCUT2D eigenvalue weighted by atomic mass is 9.67. The molecule has 2 aromatic rings. The van der Waals surface area contributed by atoms with Crippen molar-refractivity contribution in [1.29, 1.82) is 0 Å². The number of rotatable bonds is 1. The van der Waals surface area contributed by atoms with Gasteiger partial charge < -0.3 is 14.2 Å². The maximum absolute atomic E-state index is 14.1. The molecule has 1 spiro atoms. The summed E-state index contributed by atoms with van der Waals surface area (Å²) < 4.78 is 22.4. The van der Waals surface area contributed by atoms with E-state index < -0.39 is 5.60 Å². The Balaban J connectivity index is 1.38. The monoisotopic (exact) mass is 464 g/mol. The Morgan fingerprint density at radius 3 is 2.45 bits per heavy atom. The van der Waals surface area contributed by atoms with Gasteiger partial charge in [0.1, 0.15) is 11.4 Å². The second kappa shape index (κ2) is 7.60. The summed E-state index contributed by atoms with van der Waals surface area (Å²) in [4.78, 5) is 14.2. The summed E-state index contributed by atoms with van der Waals surface area (Å²) in [6.07, 6.45) is 8.55. The number of fused-ring (bicyclic) bond motifs is 1. The first kappa shape index (κ1) is 20.7. The Bertz CT molecular complexity index is 899. The predicted octanol–water partition coefficient (Wildman–Crippen LogP) is 6.68. The molecule has 2 aliphatic rings. The van der Waals surface area contributed by atoms with E-state index in [0.29, 0.717) is 15.9 Å². The van der Waals surface area contributed by atoms with Crippen LogP contribution in [0.25, 0.3) is 10.9 Å². The van der Waals surface area contributed by atoms with Crippen molar-refractivity contribution in [2.24, 2.45) is 5.41 Å². The van der Waals surface area contributed by atoms with Gasteiger partial charge in [0.05, 0.1) is 9.99 Å². The van der Waals surface area contributed by atoms with Gasteiger partial charge in [0.15, 0.2) is 0 Å². The van der Waals surface area contributed by atoms with E-state index in [4.69, 9.17) is 4.74 Å². The maximum atomic E-state index is 14.1. The summed E-state index contributed by atoms with van der Waals surface area (Å²) in [5, 5.41) is 1.07. The molecule has 0 N–H and O–H groups in total. The summed E-state index contributed by atoms with van der Waals surface area (Å²) in [5.74, 6) is -0.209. The quantitative estimate of drug-likeness (QED) is 0.471. The van der Waals surface area contributed by atoms with Crippen LogP contribution in [0.3, 0.4) is 0 Å². The summed E-state index contributed by atoms with van der Waals surface area (Å²) in [7, 11) is 0. The number of carbonyl (C=O) groups is 1. The molecule has 0 bridgehead atoms. The van der Waals surface area contributed by atoms with E-state index in [2.05, 4.69) is 32.8 Å². The molecule has 4 rings (SSSR count). The van der Waals surface area contributed by atoms with Crippen LogP contribution in [0.15, 0.2) is 28.9 Å². The van der Waals surface area contributed by atoms with Crippen molar-refractivity contribution >= 4 is 32.9 Å². The van der Waals surface area contributed by atoms with Crippen LogP contribution >= 0.6 is 15.9 Å². The molecule has 1 amide bonds. The van der Waals surface area contributed by atoms with Gasteiger partial charge in [-0.05, 0) is 98.8 Å². The minimum Gasteiger partial charge on any atom is -0.444 e. The van der Waals surface area contributed by atoms with Crippen molar-refractivity contribution in [3.8, 4) is 0 Å². The highest BCUT2D eigenvalue weighted by Crippen LogP contribution is 2.48. The number of likely N-dealkylation sites (tertiary alicyclic amines) is 1. The number of aromatic nitrogens is 1. The summed E-state index contributed by atoms with van der Waals surface area (Å²) in [6, 6.07) is 5.99. The lowest BCUT2D eigenvalue weighted by Crippen LogP contribution is -2.46. The second-order valence-electron chi connectivity index (χ2n) is 9.75. The number of nitrogens with zero attached hydrogens (tertiary/aromatic N) is 2. The van der Waals surface area contributed by atoms with E-state index in [1.54, 1.807) is 6.07 Å². The number of halogens is 2. The van der Waals surface area contributed by atoms with Crippen molar-refractivity contribution in [3.05, 3.63) is 34.7 Å². The molecular formula is C23H30BrFN2O2. The van der Waals surface area contributed by atoms with E-state index in [1.165, 1.54) is 12.8 Å². The average Bonchev–Trinajstić information content (AvgIpc) is 3.04. The SMILES string of the molecule is CC(C)(C)OC(=O)N1CCC2(CCC(n3ccc4cc(Br)c(F)cc43)CC2)CC1. The lowest BCUT2D eigenvalue weighted by molar-refractivity contribution is 0.00199. The smallest absolute Gasteiger partial charge is 0.410 e. The van der Waals surface area contributed by atoms with E-state index >= 15 is 0 Å². The second-order valence-corrected chi connectivity index (χ2v) is 10.6. The molecule has 0 unspecified atom stereocenters. The van der Waals surface area contributed by atoms with E-state index in [1.807, 2.05) is 31.7 Å². The Morgan fingerprint density at radius 2 is 1.83 bits per heavy atom. The summed E-state index contributed by atoms with van der Waals surface area (Å²) in [6.45, 7) is 7.30. The number of hydrogen-bond acceptors (Lipinski definition) is 2. The van der Waals surface area contributed by atoms with Crippen molar-refractivity contribution < 1.29 is 13.9 Å². The number of hydrogen-bond donors (Lipinski definition) is 0. The zero-order valence-electron chi connectivity index (χ0n) is 17.5. The number of ether oxygens (including phenoxy) is 1. The van der Waals surface area contributed by atoms with Gasteiger partial charge in [-0.3, -0.25) is 0 Å². The van der Waals surface area contributed by atoms with Gasteiger partial charge in [0.25, 0.3) is 0 Å². The third-order valence-corrected chi connectivity index (χ3v) is 7.26. The number of benzene rings is 1. The van der Waals surface area contributed by atoms with Crippen LogP contribution in [0.2, 0.25) is 0 Å². The van der Waals surface area contributed by atoms with Crippen LogP contribution < -0.4 is 0 Å². The van der Waals surface area contributed by atoms with E-state index in [0.717, 1.165) is 49.7 Å². The molecule has 6 heteroatoms. The molecule has 29 heavy (non-hydrogen) atoms. The first-order valence-corrected chi connectivity index (χ1v) is 11.4. The highest BCUT2D eigenvalue weighted by molar-refractivity contribution is 9.10. The Labute approximate surface area is 180 Å². The molecule has 0 radical (unpaired) electrons. The number of carbonyl (C=O) groups excluding carboxylic acids is 1. The molecule has 2 heterocycles. The van der Waals surface area contributed by atoms with Crippen LogP contribution in [0.1, 0.15) is 65.3 Å². The van der Waals surface area contributed by atoms with Crippen molar-refractivity contribution in [3.63, 3.8) is 0 Å². The van der Waals surface area contributed by atoms with Crippen LogP contribution in [0, 0.1) is 11.2 Å². The molecule has 4 nitrogen and oxygen atoms in total. The van der Waals surface area contributed by atoms with Gasteiger partial charge in [-0.15, -0.1) is 0 Å². The number of amides is 1. The molecule has 1 saturated carbocycles. The average molecular weight is 465 g/mol. The standard InChI is InChI=1S/C23H30BrFN2O2/c1-22(2,3)29-21(28)26-12-9-23(10-13-26)7-4-17(5-8-23)27-11-6-16-14-18(24)19(25)15-20(16)27/h6,11,14-15,17H,4-5,7-10,12-13H2,1-3H3. The molecule has 1 aliphatic heterocycles. The fourth-order valence-electron chi connectivity index (χ4n) is 4.95.